The number of benzene rings is 2. The summed E-state index contributed by atoms with van der Waals surface area (Å²) in [5.41, 5.74) is 4.50. The van der Waals surface area contributed by atoms with Gasteiger partial charge in [0.05, 0.1) is 6.42 Å². The number of nitrogens with one attached hydrogen (secondary N) is 1. The molecule has 0 fully saturated rings. The molecule has 2 rings (SSSR count). The van der Waals surface area contributed by atoms with Gasteiger partial charge >= 0.3 is 5.97 Å². The Morgan fingerprint density at radius 1 is 0.964 bits per heavy atom. The third-order valence-electron chi connectivity index (χ3n) is 4.39. The van der Waals surface area contributed by atoms with Crippen molar-refractivity contribution in [3.8, 4) is 0 Å². The number of amides is 1. The summed E-state index contributed by atoms with van der Waals surface area (Å²) in [5.74, 6) is -1.08. The largest absolute Gasteiger partial charge is 0.456 e. The number of Topliss-reactive ketones (excluding diaryl/α,β-unsaturated/α-hetero) is 1. The van der Waals surface area contributed by atoms with E-state index in [1.165, 1.54) is 5.56 Å². The van der Waals surface area contributed by atoms with Gasteiger partial charge in [0.15, 0.2) is 12.4 Å². The Kier molecular flexibility index (Phi) is 7.93. The lowest BCUT2D eigenvalue weighted by molar-refractivity contribution is -0.147. The van der Waals surface area contributed by atoms with Crippen molar-refractivity contribution in [2.75, 3.05) is 11.9 Å². The fourth-order valence-electron chi connectivity index (χ4n) is 2.86. The van der Waals surface area contributed by atoms with Gasteiger partial charge in [0.25, 0.3) is 5.91 Å². The number of carbonyl (C=O) groups excluding carboxylic acids is 3. The first-order chi connectivity index (χ1) is 13.4. The molecule has 0 aliphatic carbocycles. The highest BCUT2D eigenvalue weighted by Crippen LogP contribution is 2.16. The first-order valence-corrected chi connectivity index (χ1v) is 9.54. The molecule has 1 N–H and O–H groups in total. The van der Waals surface area contributed by atoms with Gasteiger partial charge in [-0.05, 0) is 37.5 Å². The fraction of sp³-hybridized carbons (Fsp3) is 0.348. The third-order valence-corrected chi connectivity index (χ3v) is 4.39. The van der Waals surface area contributed by atoms with Crippen LogP contribution in [0.4, 0.5) is 5.69 Å². The second kappa shape index (κ2) is 10.4. The summed E-state index contributed by atoms with van der Waals surface area (Å²) in [6, 6.07) is 13.1. The van der Waals surface area contributed by atoms with Crippen molar-refractivity contribution in [1.29, 1.82) is 0 Å². The maximum Gasteiger partial charge on any atom is 0.306 e. The molecule has 5 heteroatoms. The smallest absolute Gasteiger partial charge is 0.306 e. The Balaban J connectivity index is 1.74. The lowest BCUT2D eigenvalue weighted by atomic mass is 10.0. The fourth-order valence-corrected chi connectivity index (χ4v) is 2.86. The zero-order valence-electron chi connectivity index (χ0n) is 16.7. The minimum absolute atomic E-state index is 0.0492. The second-order valence-corrected chi connectivity index (χ2v) is 6.90. The summed E-state index contributed by atoms with van der Waals surface area (Å²) < 4.78 is 4.97. The van der Waals surface area contributed by atoms with Gasteiger partial charge in [-0.1, -0.05) is 55.3 Å². The summed E-state index contributed by atoms with van der Waals surface area (Å²) in [4.78, 5) is 36.0. The van der Waals surface area contributed by atoms with Crippen LogP contribution in [0, 0.1) is 13.8 Å². The van der Waals surface area contributed by atoms with Gasteiger partial charge in [0.1, 0.15) is 0 Å². The third kappa shape index (κ3) is 6.65. The van der Waals surface area contributed by atoms with Crippen LogP contribution in [0.2, 0.25) is 0 Å². The van der Waals surface area contributed by atoms with Crippen molar-refractivity contribution >= 4 is 23.3 Å². The van der Waals surface area contributed by atoms with E-state index < -0.39 is 11.9 Å². The number of hydrogen-bond donors (Lipinski definition) is 1. The highest BCUT2D eigenvalue weighted by Gasteiger charge is 2.12. The average Bonchev–Trinajstić information content (AvgIpc) is 2.67. The summed E-state index contributed by atoms with van der Waals surface area (Å²) in [5, 5.41) is 2.72. The second-order valence-electron chi connectivity index (χ2n) is 6.90. The number of esters is 1. The maximum atomic E-state index is 12.2. The number of ketones is 1. The molecular formula is C23H27NO4. The number of rotatable bonds is 9. The zero-order valence-corrected chi connectivity index (χ0v) is 16.7. The molecule has 5 nitrogen and oxygen atoms in total. The number of aryl methyl sites for hydroxylation is 3. The van der Waals surface area contributed by atoms with Crippen LogP contribution in [-0.2, 0) is 20.7 Å². The molecule has 28 heavy (non-hydrogen) atoms. The Labute approximate surface area is 166 Å². The highest BCUT2D eigenvalue weighted by atomic mass is 16.5. The molecule has 0 aromatic heterocycles. The van der Waals surface area contributed by atoms with Crippen LogP contribution in [0.15, 0.2) is 42.5 Å². The van der Waals surface area contributed by atoms with Gasteiger partial charge in [-0.3, -0.25) is 14.4 Å². The minimum Gasteiger partial charge on any atom is -0.456 e. The van der Waals surface area contributed by atoms with E-state index in [1.807, 2.05) is 44.2 Å². The van der Waals surface area contributed by atoms with Crippen LogP contribution in [-0.4, -0.2) is 24.3 Å². The first kappa shape index (κ1) is 21.4. The quantitative estimate of drug-likeness (QED) is 0.516. The van der Waals surface area contributed by atoms with Gasteiger partial charge in [0, 0.05) is 17.7 Å². The van der Waals surface area contributed by atoms with E-state index in [0.717, 1.165) is 24.0 Å². The Bertz CT molecular complexity index is 840. The predicted molar refractivity (Wildman–Crippen MR) is 110 cm³/mol. The predicted octanol–water partition coefficient (Wildman–Crippen LogP) is 4.40. The van der Waals surface area contributed by atoms with Crippen LogP contribution in [0.3, 0.4) is 0 Å². The van der Waals surface area contributed by atoms with Gasteiger partial charge in [-0.2, -0.15) is 0 Å². The molecule has 1 amide bonds. The van der Waals surface area contributed by atoms with Crippen LogP contribution in [0.5, 0.6) is 0 Å². The van der Waals surface area contributed by atoms with Gasteiger partial charge < -0.3 is 10.1 Å². The minimum atomic E-state index is -0.563. The number of anilines is 1. The van der Waals surface area contributed by atoms with Crippen molar-refractivity contribution in [1.82, 2.24) is 0 Å². The molecule has 148 valence electrons. The molecule has 0 saturated heterocycles. The summed E-state index contributed by atoms with van der Waals surface area (Å²) in [6.07, 6.45) is 2.04. The molecule has 0 spiro atoms. The zero-order chi connectivity index (χ0) is 20.5. The highest BCUT2D eigenvalue weighted by molar-refractivity contribution is 5.98. The topological polar surface area (TPSA) is 72.5 Å². The van der Waals surface area contributed by atoms with Crippen molar-refractivity contribution in [2.45, 2.75) is 46.5 Å². The van der Waals surface area contributed by atoms with E-state index in [0.29, 0.717) is 11.3 Å². The normalized spacial score (nSPS) is 10.4. The van der Waals surface area contributed by atoms with Crippen LogP contribution in [0.25, 0.3) is 0 Å². The molecule has 0 saturated carbocycles. The number of hydrogen-bond acceptors (Lipinski definition) is 4. The summed E-state index contributed by atoms with van der Waals surface area (Å²) in [6.45, 7) is 5.61. The summed E-state index contributed by atoms with van der Waals surface area (Å²) in [7, 11) is 0. The first-order valence-electron chi connectivity index (χ1n) is 9.54. The van der Waals surface area contributed by atoms with Gasteiger partial charge in [0.2, 0.25) is 0 Å². The maximum absolute atomic E-state index is 12.2. The van der Waals surface area contributed by atoms with E-state index in [1.54, 1.807) is 12.1 Å². The van der Waals surface area contributed by atoms with E-state index >= 15 is 0 Å². The lowest BCUT2D eigenvalue weighted by Crippen LogP contribution is -2.21. The Morgan fingerprint density at radius 3 is 2.32 bits per heavy atom. The molecule has 2 aromatic rings. The van der Waals surface area contributed by atoms with Crippen molar-refractivity contribution in [2.24, 2.45) is 0 Å². The van der Waals surface area contributed by atoms with Crippen LogP contribution in [0.1, 0.15) is 53.2 Å². The SMILES string of the molecule is CCCc1ccc(C(=O)CCC(=O)OCC(=O)Nc2ccc(C)cc2C)cc1. The van der Waals surface area contributed by atoms with E-state index in [4.69, 9.17) is 4.74 Å². The molecule has 0 heterocycles. The van der Waals surface area contributed by atoms with Crippen molar-refractivity contribution in [3.05, 3.63) is 64.7 Å². The van der Waals surface area contributed by atoms with Crippen LogP contribution >= 0.6 is 0 Å². The van der Waals surface area contributed by atoms with Crippen molar-refractivity contribution in [3.63, 3.8) is 0 Å². The molecule has 0 aliphatic heterocycles. The molecule has 0 unspecified atom stereocenters. The molecule has 0 bridgehead atoms. The number of ether oxygens (including phenoxy) is 1. The molecule has 0 radical (unpaired) electrons. The molecule has 0 aliphatic rings. The van der Waals surface area contributed by atoms with Crippen molar-refractivity contribution < 1.29 is 19.1 Å². The van der Waals surface area contributed by atoms with Gasteiger partial charge in [-0.25, -0.2) is 0 Å². The standard InChI is InChI=1S/C23H27NO4/c1-4-5-18-7-9-19(10-8-18)21(25)12-13-23(27)28-15-22(26)24-20-11-6-16(2)14-17(20)3/h6-11,14H,4-5,12-13,15H2,1-3H3,(H,24,26). The number of carbonyl (C=O) groups is 3. The summed E-state index contributed by atoms with van der Waals surface area (Å²) >= 11 is 0. The van der Waals surface area contributed by atoms with Gasteiger partial charge in [-0.15, -0.1) is 0 Å². The van der Waals surface area contributed by atoms with E-state index in [2.05, 4.69) is 12.2 Å². The Morgan fingerprint density at radius 2 is 1.68 bits per heavy atom. The van der Waals surface area contributed by atoms with Crippen LogP contribution < -0.4 is 5.32 Å². The monoisotopic (exact) mass is 381 g/mol. The Hall–Kier alpha value is -2.95. The van der Waals surface area contributed by atoms with E-state index in [-0.39, 0.29) is 25.2 Å². The molecule has 2 aromatic carbocycles. The van der Waals surface area contributed by atoms with E-state index in [9.17, 15) is 14.4 Å². The average molecular weight is 381 g/mol. The lowest BCUT2D eigenvalue weighted by Gasteiger charge is -2.09. The molecular weight excluding hydrogens is 354 g/mol. The molecule has 0 atom stereocenters.